The predicted molar refractivity (Wildman–Crippen MR) is 74.6 cm³/mol. The van der Waals surface area contributed by atoms with Crippen LogP contribution in [0.25, 0.3) is 0 Å². The summed E-state index contributed by atoms with van der Waals surface area (Å²) in [5, 5.41) is 7.97. The van der Waals surface area contributed by atoms with Gasteiger partial charge in [0.05, 0.1) is 11.4 Å². The van der Waals surface area contributed by atoms with Crippen molar-refractivity contribution in [3.05, 3.63) is 17.5 Å². The molecular weight excluding hydrogens is 226 g/mol. The number of methoxy groups -OCH3 is 1. The molecule has 0 bridgehead atoms. The highest BCUT2D eigenvalue weighted by Gasteiger charge is 2.17. The summed E-state index contributed by atoms with van der Waals surface area (Å²) in [4.78, 5) is 0. The van der Waals surface area contributed by atoms with E-state index in [4.69, 9.17) is 4.74 Å². The summed E-state index contributed by atoms with van der Waals surface area (Å²) >= 11 is 0. The molecule has 4 nitrogen and oxygen atoms in total. The summed E-state index contributed by atoms with van der Waals surface area (Å²) in [6, 6.07) is 2.15. The average Bonchev–Trinajstić information content (AvgIpc) is 2.67. The molecule has 0 aliphatic heterocycles. The molecule has 1 aromatic rings. The highest BCUT2D eigenvalue weighted by molar-refractivity contribution is 5.08. The fraction of sp³-hybridized carbons (Fsp3) is 0.786. The van der Waals surface area contributed by atoms with Gasteiger partial charge in [-0.05, 0) is 31.7 Å². The van der Waals surface area contributed by atoms with E-state index in [0.717, 1.165) is 38.4 Å². The monoisotopic (exact) mass is 253 g/mol. The molecule has 0 aliphatic carbocycles. The van der Waals surface area contributed by atoms with Crippen LogP contribution in [0, 0.1) is 12.3 Å². The predicted octanol–water partition coefficient (Wildman–Crippen LogP) is 2.36. The number of nitrogens with zero attached hydrogens (tertiary/aromatic N) is 2. The molecule has 0 radical (unpaired) electrons. The fourth-order valence-electron chi connectivity index (χ4n) is 2.01. The third-order valence-electron chi connectivity index (χ3n) is 3.18. The number of hydrogen-bond acceptors (Lipinski definition) is 3. The van der Waals surface area contributed by atoms with Gasteiger partial charge < -0.3 is 10.1 Å². The van der Waals surface area contributed by atoms with Crippen molar-refractivity contribution in [2.45, 2.75) is 47.2 Å². The average molecular weight is 253 g/mol. The minimum atomic E-state index is 0.266. The molecule has 0 aromatic carbocycles. The molecule has 0 unspecified atom stereocenters. The summed E-state index contributed by atoms with van der Waals surface area (Å²) in [6.45, 7) is 12.3. The van der Waals surface area contributed by atoms with Crippen molar-refractivity contribution in [3.63, 3.8) is 0 Å². The van der Waals surface area contributed by atoms with E-state index in [1.165, 1.54) is 5.69 Å². The molecule has 0 fully saturated rings. The van der Waals surface area contributed by atoms with Crippen LogP contribution in [0.4, 0.5) is 0 Å². The van der Waals surface area contributed by atoms with Crippen LogP contribution >= 0.6 is 0 Å². The molecule has 4 heteroatoms. The standard InChI is InChI=1S/C14H27N3O/c1-6-17-13(9-12(2)16-17)10-15-11-14(3,4)7-8-18-5/h9,15H,6-8,10-11H2,1-5H3. The van der Waals surface area contributed by atoms with Crippen molar-refractivity contribution < 1.29 is 4.74 Å². The van der Waals surface area contributed by atoms with Crippen LogP contribution in [-0.4, -0.2) is 30.0 Å². The van der Waals surface area contributed by atoms with E-state index < -0.39 is 0 Å². The zero-order valence-electron chi connectivity index (χ0n) is 12.4. The molecule has 0 aliphatic rings. The second-order valence-corrected chi connectivity index (χ2v) is 5.60. The first-order valence-corrected chi connectivity index (χ1v) is 6.71. The number of aromatic nitrogens is 2. The summed E-state index contributed by atoms with van der Waals surface area (Å²) in [6.07, 6.45) is 1.07. The van der Waals surface area contributed by atoms with Crippen LogP contribution in [0.5, 0.6) is 0 Å². The lowest BCUT2D eigenvalue weighted by Gasteiger charge is -2.24. The maximum Gasteiger partial charge on any atom is 0.0597 e. The molecule has 0 atom stereocenters. The maximum absolute atomic E-state index is 5.14. The molecule has 18 heavy (non-hydrogen) atoms. The van der Waals surface area contributed by atoms with E-state index in [-0.39, 0.29) is 5.41 Å². The number of ether oxygens (including phenoxy) is 1. The van der Waals surface area contributed by atoms with E-state index in [9.17, 15) is 0 Å². The Labute approximate surface area is 111 Å². The Morgan fingerprint density at radius 3 is 2.78 bits per heavy atom. The van der Waals surface area contributed by atoms with Gasteiger partial charge in [0.1, 0.15) is 0 Å². The summed E-state index contributed by atoms with van der Waals surface area (Å²) in [7, 11) is 1.76. The Kier molecular flexibility index (Phi) is 5.82. The van der Waals surface area contributed by atoms with Gasteiger partial charge >= 0.3 is 0 Å². The van der Waals surface area contributed by atoms with Crippen molar-refractivity contribution in [2.24, 2.45) is 5.41 Å². The van der Waals surface area contributed by atoms with Gasteiger partial charge in [-0.25, -0.2) is 0 Å². The molecule has 0 saturated carbocycles. The molecular formula is C14H27N3O. The SMILES string of the molecule is CCn1nc(C)cc1CNCC(C)(C)CCOC. The molecule has 0 saturated heterocycles. The Morgan fingerprint density at radius 1 is 1.44 bits per heavy atom. The van der Waals surface area contributed by atoms with Crippen molar-refractivity contribution in [2.75, 3.05) is 20.3 Å². The van der Waals surface area contributed by atoms with Gasteiger partial charge in [0.2, 0.25) is 0 Å². The van der Waals surface area contributed by atoms with Crippen molar-refractivity contribution in [1.82, 2.24) is 15.1 Å². The zero-order valence-corrected chi connectivity index (χ0v) is 12.4. The first-order valence-electron chi connectivity index (χ1n) is 6.71. The lowest BCUT2D eigenvalue weighted by molar-refractivity contribution is 0.150. The summed E-state index contributed by atoms with van der Waals surface area (Å²) in [5.41, 5.74) is 2.62. The normalized spacial score (nSPS) is 12.1. The number of nitrogens with one attached hydrogen (secondary N) is 1. The van der Waals surface area contributed by atoms with Crippen LogP contribution in [0.2, 0.25) is 0 Å². The maximum atomic E-state index is 5.14. The van der Waals surface area contributed by atoms with Crippen LogP contribution in [0.1, 0.15) is 38.6 Å². The van der Waals surface area contributed by atoms with E-state index in [2.05, 4.69) is 41.9 Å². The summed E-state index contributed by atoms with van der Waals surface area (Å²) < 4.78 is 7.20. The number of aryl methyl sites for hydroxylation is 2. The third kappa shape index (κ3) is 4.78. The van der Waals surface area contributed by atoms with Gasteiger partial charge in [0, 0.05) is 33.4 Å². The summed E-state index contributed by atoms with van der Waals surface area (Å²) in [5.74, 6) is 0. The molecule has 0 spiro atoms. The van der Waals surface area contributed by atoms with Crippen LogP contribution < -0.4 is 5.32 Å². The number of hydrogen-bond donors (Lipinski definition) is 1. The Bertz CT molecular complexity index is 358. The fourth-order valence-corrected chi connectivity index (χ4v) is 2.01. The Hall–Kier alpha value is -0.870. The van der Waals surface area contributed by atoms with Gasteiger partial charge in [-0.2, -0.15) is 5.10 Å². The van der Waals surface area contributed by atoms with Gasteiger partial charge in [0.25, 0.3) is 0 Å². The lowest BCUT2D eigenvalue weighted by Crippen LogP contribution is -2.30. The molecule has 1 rings (SSSR count). The van der Waals surface area contributed by atoms with Crippen molar-refractivity contribution in [1.29, 1.82) is 0 Å². The topological polar surface area (TPSA) is 39.1 Å². The minimum Gasteiger partial charge on any atom is -0.385 e. The molecule has 1 heterocycles. The van der Waals surface area contributed by atoms with Gasteiger partial charge in [-0.15, -0.1) is 0 Å². The Balaban J connectivity index is 2.40. The Morgan fingerprint density at radius 2 is 2.17 bits per heavy atom. The third-order valence-corrected chi connectivity index (χ3v) is 3.18. The van der Waals surface area contributed by atoms with Crippen molar-refractivity contribution >= 4 is 0 Å². The van der Waals surface area contributed by atoms with E-state index in [1.807, 2.05) is 6.92 Å². The molecule has 1 N–H and O–H groups in total. The molecule has 104 valence electrons. The van der Waals surface area contributed by atoms with Crippen LogP contribution in [-0.2, 0) is 17.8 Å². The molecule has 0 amide bonds. The van der Waals surface area contributed by atoms with E-state index in [0.29, 0.717) is 0 Å². The van der Waals surface area contributed by atoms with Gasteiger partial charge in [-0.1, -0.05) is 13.8 Å². The second-order valence-electron chi connectivity index (χ2n) is 5.60. The quantitative estimate of drug-likeness (QED) is 0.773. The van der Waals surface area contributed by atoms with E-state index in [1.54, 1.807) is 7.11 Å². The highest BCUT2D eigenvalue weighted by atomic mass is 16.5. The first-order chi connectivity index (χ1) is 8.48. The zero-order chi connectivity index (χ0) is 13.6. The minimum absolute atomic E-state index is 0.266. The van der Waals surface area contributed by atoms with E-state index >= 15 is 0 Å². The van der Waals surface area contributed by atoms with Crippen LogP contribution in [0.3, 0.4) is 0 Å². The second kappa shape index (κ2) is 6.90. The smallest absolute Gasteiger partial charge is 0.0597 e. The van der Waals surface area contributed by atoms with Crippen molar-refractivity contribution in [3.8, 4) is 0 Å². The first kappa shape index (κ1) is 15.2. The van der Waals surface area contributed by atoms with Crippen LogP contribution in [0.15, 0.2) is 6.07 Å². The largest absolute Gasteiger partial charge is 0.385 e. The van der Waals surface area contributed by atoms with Gasteiger partial charge in [0.15, 0.2) is 0 Å². The molecule has 1 aromatic heterocycles. The number of rotatable bonds is 8. The highest BCUT2D eigenvalue weighted by Crippen LogP contribution is 2.18. The lowest BCUT2D eigenvalue weighted by atomic mass is 9.90. The van der Waals surface area contributed by atoms with Gasteiger partial charge in [-0.3, -0.25) is 4.68 Å².